The quantitative estimate of drug-likeness (QED) is 0.837. The van der Waals surface area contributed by atoms with E-state index in [4.69, 9.17) is 0 Å². The molecule has 0 saturated carbocycles. The number of rotatable bonds is 5. The minimum absolute atomic E-state index is 0.360. The number of fused-ring (bicyclic) bond motifs is 2. The number of aryl methyl sites for hydroxylation is 2. The Hall–Kier alpha value is -1.60. The fraction of sp³-hybridized carbons (Fsp3) is 0.611. The van der Waals surface area contributed by atoms with E-state index in [9.17, 15) is 13.2 Å². The number of carbonyl (C=O) groups excluding carboxylic acids is 1. The summed E-state index contributed by atoms with van der Waals surface area (Å²) in [4.78, 5) is 14.2. The Morgan fingerprint density at radius 2 is 1.68 bits per heavy atom. The molecular weight excluding hydrogens is 338 g/mol. The zero-order chi connectivity index (χ0) is 18.2. The monoisotopic (exact) mass is 365 g/mol. The summed E-state index contributed by atoms with van der Waals surface area (Å²) < 4.78 is 26.9. The van der Waals surface area contributed by atoms with Crippen LogP contribution in [0.15, 0.2) is 6.07 Å². The molecule has 25 heavy (non-hydrogen) atoms. The van der Waals surface area contributed by atoms with Crippen molar-refractivity contribution in [3.8, 4) is 0 Å². The van der Waals surface area contributed by atoms with Gasteiger partial charge in [-0.25, -0.2) is 17.9 Å². The Labute approximate surface area is 150 Å². The van der Waals surface area contributed by atoms with E-state index >= 15 is 0 Å². The van der Waals surface area contributed by atoms with Crippen molar-refractivity contribution < 1.29 is 13.2 Å². The summed E-state index contributed by atoms with van der Waals surface area (Å²) in [5, 5.41) is 2.20. The molecular formula is C18H27N3O3S. The third-order valence-corrected chi connectivity index (χ3v) is 6.78. The topological polar surface area (TPSA) is 78.5 Å². The molecule has 0 aliphatic heterocycles. The fourth-order valence-electron chi connectivity index (χ4n) is 3.95. The number of benzene rings is 1. The highest BCUT2D eigenvalue weighted by Crippen LogP contribution is 2.38. The predicted octanol–water partition coefficient (Wildman–Crippen LogP) is 2.07. The summed E-state index contributed by atoms with van der Waals surface area (Å²) in [5.41, 5.74) is 5.85. The molecule has 0 heterocycles. The lowest BCUT2D eigenvalue weighted by atomic mass is 9.99. The average Bonchev–Trinajstić information content (AvgIpc) is 3.14. The maximum absolute atomic E-state index is 12.4. The van der Waals surface area contributed by atoms with Crippen molar-refractivity contribution >= 4 is 21.7 Å². The maximum atomic E-state index is 12.4. The van der Waals surface area contributed by atoms with E-state index in [1.165, 1.54) is 22.3 Å². The zero-order valence-electron chi connectivity index (χ0n) is 15.2. The average molecular weight is 365 g/mol. The van der Waals surface area contributed by atoms with Gasteiger partial charge >= 0.3 is 6.03 Å². The number of sulfonamides is 1. The van der Waals surface area contributed by atoms with Gasteiger partial charge in [-0.3, -0.25) is 0 Å². The number of urea groups is 1. The van der Waals surface area contributed by atoms with Crippen LogP contribution in [0.5, 0.6) is 0 Å². The second kappa shape index (κ2) is 6.96. The molecule has 2 N–H and O–H groups in total. The van der Waals surface area contributed by atoms with E-state index in [1.807, 2.05) is 14.1 Å². The van der Waals surface area contributed by atoms with Gasteiger partial charge in [-0.2, -0.15) is 0 Å². The Kier molecular flexibility index (Phi) is 5.06. The molecule has 138 valence electrons. The van der Waals surface area contributed by atoms with Crippen LogP contribution in [0.3, 0.4) is 0 Å². The molecule has 1 unspecified atom stereocenters. The first-order valence-electron chi connectivity index (χ1n) is 8.92. The van der Waals surface area contributed by atoms with Crippen molar-refractivity contribution in [2.24, 2.45) is 0 Å². The van der Waals surface area contributed by atoms with Crippen LogP contribution in [0.2, 0.25) is 0 Å². The van der Waals surface area contributed by atoms with E-state index in [0.29, 0.717) is 6.54 Å². The molecule has 1 aromatic rings. The number of carbonyl (C=O) groups is 1. The van der Waals surface area contributed by atoms with Crippen LogP contribution in [0.4, 0.5) is 10.5 Å². The van der Waals surface area contributed by atoms with Crippen LogP contribution in [0.25, 0.3) is 0 Å². The van der Waals surface area contributed by atoms with Crippen LogP contribution < -0.4 is 10.0 Å². The lowest BCUT2D eigenvalue weighted by Crippen LogP contribution is -2.43. The van der Waals surface area contributed by atoms with Gasteiger partial charge in [0.1, 0.15) is 0 Å². The van der Waals surface area contributed by atoms with Gasteiger partial charge in [0.05, 0.1) is 5.25 Å². The van der Waals surface area contributed by atoms with Crippen LogP contribution in [0, 0.1) is 0 Å². The van der Waals surface area contributed by atoms with Crippen LogP contribution in [-0.4, -0.2) is 45.2 Å². The standard InChI is InChI=1S/C18H27N3O3S/c1-12(11-21(2)3)25(23,24)20-18(22)19-17-15-8-4-6-13(15)10-14-7-5-9-16(14)17/h10,12H,4-9,11H2,1-3H3,(H2,19,20,22). The maximum Gasteiger partial charge on any atom is 0.332 e. The molecule has 2 aliphatic rings. The van der Waals surface area contributed by atoms with Crippen LogP contribution in [-0.2, 0) is 35.7 Å². The third kappa shape index (κ3) is 3.82. The van der Waals surface area contributed by atoms with E-state index in [1.54, 1.807) is 11.8 Å². The number of anilines is 1. The number of amides is 2. The molecule has 1 aromatic carbocycles. The first-order chi connectivity index (χ1) is 11.8. The number of nitrogens with zero attached hydrogens (tertiary/aromatic N) is 1. The molecule has 1 atom stereocenters. The second-order valence-corrected chi connectivity index (χ2v) is 9.51. The van der Waals surface area contributed by atoms with Crippen molar-refractivity contribution in [1.29, 1.82) is 0 Å². The summed E-state index contributed by atoms with van der Waals surface area (Å²) in [6, 6.07) is 1.63. The molecule has 2 amide bonds. The van der Waals surface area contributed by atoms with Gasteiger partial charge in [-0.05, 0) is 81.8 Å². The largest absolute Gasteiger partial charge is 0.332 e. The van der Waals surface area contributed by atoms with Gasteiger partial charge < -0.3 is 10.2 Å². The van der Waals surface area contributed by atoms with E-state index in [0.717, 1.165) is 44.2 Å². The molecule has 0 spiro atoms. The van der Waals surface area contributed by atoms with Crippen molar-refractivity contribution in [3.63, 3.8) is 0 Å². The molecule has 0 radical (unpaired) electrons. The highest BCUT2D eigenvalue weighted by molar-refractivity contribution is 7.90. The smallest absolute Gasteiger partial charge is 0.308 e. The second-order valence-electron chi connectivity index (χ2n) is 7.41. The van der Waals surface area contributed by atoms with Gasteiger partial charge in [0.15, 0.2) is 0 Å². The Morgan fingerprint density at radius 3 is 2.20 bits per heavy atom. The van der Waals surface area contributed by atoms with Crippen molar-refractivity contribution in [3.05, 3.63) is 28.3 Å². The van der Waals surface area contributed by atoms with E-state index in [2.05, 4.69) is 16.1 Å². The minimum atomic E-state index is -3.71. The van der Waals surface area contributed by atoms with Crippen molar-refractivity contribution in [1.82, 2.24) is 9.62 Å². The molecule has 7 heteroatoms. The number of hydrogen-bond acceptors (Lipinski definition) is 4. The number of hydrogen-bond donors (Lipinski definition) is 2. The lowest BCUT2D eigenvalue weighted by Gasteiger charge is -2.19. The third-order valence-electron chi connectivity index (χ3n) is 5.10. The molecule has 2 aliphatic carbocycles. The van der Waals surface area contributed by atoms with Crippen molar-refractivity contribution in [2.75, 3.05) is 26.0 Å². The van der Waals surface area contributed by atoms with Gasteiger partial charge in [0, 0.05) is 12.2 Å². The van der Waals surface area contributed by atoms with Gasteiger partial charge in [-0.1, -0.05) is 6.07 Å². The van der Waals surface area contributed by atoms with E-state index in [-0.39, 0.29) is 0 Å². The molecule has 0 aromatic heterocycles. The molecule has 0 fully saturated rings. The Bertz CT molecular complexity index is 755. The highest BCUT2D eigenvalue weighted by atomic mass is 32.2. The van der Waals surface area contributed by atoms with Crippen LogP contribution in [0.1, 0.15) is 42.0 Å². The molecule has 6 nitrogen and oxygen atoms in total. The molecule has 0 saturated heterocycles. The van der Waals surface area contributed by atoms with Gasteiger partial charge in [0.2, 0.25) is 10.0 Å². The summed E-state index contributed by atoms with van der Waals surface area (Å²) >= 11 is 0. The normalized spacial score (nSPS) is 17.3. The van der Waals surface area contributed by atoms with Crippen LogP contribution >= 0.6 is 0 Å². The first-order valence-corrected chi connectivity index (χ1v) is 10.5. The Morgan fingerprint density at radius 1 is 1.12 bits per heavy atom. The predicted molar refractivity (Wildman–Crippen MR) is 99.6 cm³/mol. The Balaban J connectivity index is 1.78. The number of nitrogens with one attached hydrogen (secondary N) is 2. The summed E-state index contributed by atoms with van der Waals surface area (Å²) in [5.74, 6) is 0. The minimum Gasteiger partial charge on any atom is -0.308 e. The van der Waals surface area contributed by atoms with Gasteiger partial charge in [0.25, 0.3) is 0 Å². The van der Waals surface area contributed by atoms with Gasteiger partial charge in [-0.15, -0.1) is 0 Å². The molecule has 0 bridgehead atoms. The zero-order valence-corrected chi connectivity index (χ0v) is 16.0. The van der Waals surface area contributed by atoms with E-state index < -0.39 is 21.3 Å². The fourth-order valence-corrected chi connectivity index (χ4v) is 4.95. The first kappa shape index (κ1) is 18.2. The summed E-state index contributed by atoms with van der Waals surface area (Å²) in [7, 11) is -0.0901. The van der Waals surface area contributed by atoms with Crippen molar-refractivity contribution in [2.45, 2.75) is 50.7 Å². The highest BCUT2D eigenvalue weighted by Gasteiger charge is 2.27. The SMILES string of the molecule is CC(CN(C)C)S(=O)(=O)NC(=O)Nc1c2c(cc3c1CCC3)CCC2. The molecule has 3 rings (SSSR count). The lowest BCUT2D eigenvalue weighted by molar-refractivity contribution is 0.256. The summed E-state index contributed by atoms with van der Waals surface area (Å²) in [6.07, 6.45) is 6.15. The summed E-state index contributed by atoms with van der Waals surface area (Å²) in [6.45, 7) is 1.96.